The first-order valence-electron chi connectivity index (χ1n) is 9.40. The first kappa shape index (κ1) is 22.5. The maximum Gasteiger partial charge on any atom is 0.390 e. The summed E-state index contributed by atoms with van der Waals surface area (Å²) in [7, 11) is -3.54. The first-order chi connectivity index (χ1) is 13.2. The van der Waals surface area contributed by atoms with Crippen LogP contribution in [0.2, 0.25) is 0 Å². The molecule has 0 unspecified atom stereocenters. The van der Waals surface area contributed by atoms with E-state index in [4.69, 9.17) is 0 Å². The van der Waals surface area contributed by atoms with Crippen molar-refractivity contribution in [3.63, 3.8) is 0 Å². The van der Waals surface area contributed by atoms with Crippen LogP contribution in [0.3, 0.4) is 0 Å². The van der Waals surface area contributed by atoms with Crippen molar-refractivity contribution < 1.29 is 21.6 Å². The zero-order chi connectivity index (χ0) is 20.6. The van der Waals surface area contributed by atoms with Gasteiger partial charge in [0.1, 0.15) is 0 Å². The predicted octanol–water partition coefficient (Wildman–Crippen LogP) is 2.87. The number of guanidine groups is 1. The van der Waals surface area contributed by atoms with Crippen molar-refractivity contribution in [1.82, 2.24) is 14.9 Å². The lowest BCUT2D eigenvalue weighted by atomic mass is 10.2. The number of hydrogen-bond acceptors (Lipinski definition) is 3. The van der Waals surface area contributed by atoms with Crippen LogP contribution in [0.4, 0.5) is 13.2 Å². The van der Waals surface area contributed by atoms with Crippen LogP contribution in [0.5, 0.6) is 0 Å². The molecule has 10 heteroatoms. The highest BCUT2D eigenvalue weighted by Crippen LogP contribution is 2.21. The quantitative estimate of drug-likeness (QED) is 0.526. The summed E-state index contributed by atoms with van der Waals surface area (Å²) in [5, 5.41) is 5.52. The largest absolute Gasteiger partial charge is 0.390 e. The van der Waals surface area contributed by atoms with E-state index in [9.17, 15) is 21.6 Å². The average molecular weight is 421 g/mol. The molecule has 0 atom stereocenters. The Morgan fingerprint density at radius 2 is 1.89 bits per heavy atom. The molecule has 0 spiro atoms. The maximum absolute atomic E-state index is 12.8. The molecule has 158 valence electrons. The third kappa shape index (κ3) is 6.97. The zero-order valence-corrected chi connectivity index (χ0v) is 16.7. The molecule has 1 fully saturated rings. The molecule has 0 aliphatic carbocycles. The van der Waals surface area contributed by atoms with Gasteiger partial charge in [0, 0.05) is 26.2 Å². The van der Waals surface area contributed by atoms with Crippen molar-refractivity contribution in [2.24, 2.45) is 4.99 Å². The van der Waals surface area contributed by atoms with Gasteiger partial charge >= 0.3 is 6.18 Å². The summed E-state index contributed by atoms with van der Waals surface area (Å²) in [4.78, 5) is 4.48. The van der Waals surface area contributed by atoms with E-state index < -0.39 is 22.6 Å². The highest BCUT2D eigenvalue weighted by Gasteiger charge is 2.27. The number of nitrogens with zero attached hydrogens (tertiary/aromatic N) is 2. The Morgan fingerprint density at radius 3 is 2.54 bits per heavy atom. The van der Waals surface area contributed by atoms with Gasteiger partial charge in [0.15, 0.2) is 5.96 Å². The topological polar surface area (TPSA) is 73.8 Å². The minimum Gasteiger partial charge on any atom is -0.357 e. The van der Waals surface area contributed by atoms with Crippen molar-refractivity contribution in [2.75, 3.05) is 26.2 Å². The molecular weight excluding hydrogens is 393 g/mol. The summed E-state index contributed by atoms with van der Waals surface area (Å²) in [5.41, 5.74) is 0.672. The van der Waals surface area contributed by atoms with Gasteiger partial charge in [-0.05, 0) is 37.5 Å². The summed E-state index contributed by atoms with van der Waals surface area (Å²) in [5.74, 6) is 0.260. The van der Waals surface area contributed by atoms with Gasteiger partial charge in [-0.3, -0.25) is 0 Å². The molecule has 1 saturated heterocycles. The summed E-state index contributed by atoms with van der Waals surface area (Å²) in [6.45, 7) is 3.24. The Morgan fingerprint density at radius 1 is 1.18 bits per heavy atom. The van der Waals surface area contributed by atoms with Crippen LogP contribution in [-0.2, 0) is 16.6 Å². The average Bonchev–Trinajstić information content (AvgIpc) is 2.66. The van der Waals surface area contributed by atoms with Gasteiger partial charge in [-0.2, -0.15) is 17.5 Å². The van der Waals surface area contributed by atoms with Crippen LogP contribution < -0.4 is 10.6 Å². The third-order valence-electron chi connectivity index (χ3n) is 4.32. The van der Waals surface area contributed by atoms with E-state index in [1.807, 2.05) is 6.92 Å². The number of piperidine rings is 1. The van der Waals surface area contributed by atoms with Crippen LogP contribution in [0.25, 0.3) is 0 Å². The minimum atomic E-state index is -4.23. The number of rotatable bonds is 7. The monoisotopic (exact) mass is 420 g/mol. The van der Waals surface area contributed by atoms with Gasteiger partial charge in [-0.25, -0.2) is 13.4 Å². The molecule has 0 amide bonds. The summed E-state index contributed by atoms with van der Waals surface area (Å²) in [6.07, 6.45) is -2.44. The van der Waals surface area contributed by atoms with E-state index in [2.05, 4.69) is 15.6 Å². The van der Waals surface area contributed by atoms with E-state index in [1.165, 1.54) is 4.31 Å². The molecule has 1 aromatic carbocycles. The smallest absolute Gasteiger partial charge is 0.357 e. The number of hydrogen-bond donors (Lipinski definition) is 2. The Kier molecular flexibility index (Phi) is 8.11. The molecule has 1 heterocycles. The molecule has 0 bridgehead atoms. The van der Waals surface area contributed by atoms with Crippen molar-refractivity contribution in [3.05, 3.63) is 29.8 Å². The van der Waals surface area contributed by atoms with Crippen molar-refractivity contribution in [2.45, 2.75) is 50.2 Å². The molecule has 6 nitrogen and oxygen atoms in total. The fourth-order valence-electron chi connectivity index (χ4n) is 2.89. The molecule has 0 radical (unpaired) electrons. The van der Waals surface area contributed by atoms with E-state index in [0.717, 1.165) is 19.3 Å². The molecule has 2 N–H and O–H groups in total. The van der Waals surface area contributed by atoms with Gasteiger partial charge < -0.3 is 10.6 Å². The van der Waals surface area contributed by atoms with E-state index >= 15 is 0 Å². The van der Waals surface area contributed by atoms with Crippen LogP contribution in [0.1, 0.15) is 38.2 Å². The fourth-order valence-corrected chi connectivity index (χ4v) is 4.48. The van der Waals surface area contributed by atoms with Crippen LogP contribution >= 0.6 is 0 Å². The number of halogens is 3. The number of sulfonamides is 1. The van der Waals surface area contributed by atoms with Gasteiger partial charge in [-0.1, -0.05) is 18.6 Å². The molecule has 1 aliphatic heterocycles. The Bertz CT molecular complexity index is 760. The Labute approximate surface area is 164 Å². The molecule has 28 heavy (non-hydrogen) atoms. The number of alkyl halides is 3. The predicted molar refractivity (Wildman–Crippen MR) is 103 cm³/mol. The summed E-state index contributed by atoms with van der Waals surface area (Å²) >= 11 is 0. The first-order valence-corrected chi connectivity index (χ1v) is 10.8. The lowest BCUT2D eigenvalue weighted by Gasteiger charge is -2.26. The lowest BCUT2D eigenvalue weighted by Crippen LogP contribution is -2.38. The minimum absolute atomic E-state index is 0.157. The molecule has 2 rings (SSSR count). The van der Waals surface area contributed by atoms with Gasteiger partial charge in [-0.15, -0.1) is 0 Å². The van der Waals surface area contributed by atoms with E-state index in [1.54, 1.807) is 24.3 Å². The number of nitrogens with one attached hydrogen (secondary N) is 2. The highest BCUT2D eigenvalue weighted by atomic mass is 32.2. The van der Waals surface area contributed by atoms with Gasteiger partial charge in [0.25, 0.3) is 0 Å². The van der Waals surface area contributed by atoms with Crippen LogP contribution in [0.15, 0.2) is 34.2 Å². The van der Waals surface area contributed by atoms with E-state index in [0.29, 0.717) is 25.2 Å². The second kappa shape index (κ2) is 10.1. The van der Waals surface area contributed by atoms with Crippen LogP contribution in [-0.4, -0.2) is 51.0 Å². The summed E-state index contributed by atoms with van der Waals surface area (Å²) in [6, 6.07) is 6.54. The van der Waals surface area contributed by atoms with Gasteiger partial charge in [0.2, 0.25) is 10.0 Å². The van der Waals surface area contributed by atoms with Crippen molar-refractivity contribution in [1.29, 1.82) is 0 Å². The standard InChI is InChI=1S/C18H27F3N4O2S/c1-2-22-17(23-10-9-18(19,20)21)24-14-15-7-6-8-16(13-15)28(26,27)25-11-4-3-5-12-25/h6-8,13H,2-5,9-12,14H2,1H3,(H2,22,23,24). The van der Waals surface area contributed by atoms with Crippen LogP contribution in [0, 0.1) is 0 Å². The molecule has 0 saturated carbocycles. The zero-order valence-electron chi connectivity index (χ0n) is 15.9. The maximum atomic E-state index is 12.8. The number of benzene rings is 1. The molecular formula is C18H27F3N4O2S. The number of aliphatic imine (C=N–C) groups is 1. The lowest BCUT2D eigenvalue weighted by molar-refractivity contribution is -0.132. The fraction of sp³-hybridized carbons (Fsp3) is 0.611. The van der Waals surface area contributed by atoms with Crippen molar-refractivity contribution >= 4 is 16.0 Å². The summed E-state index contributed by atoms with van der Waals surface area (Å²) < 4.78 is 63.9. The third-order valence-corrected chi connectivity index (χ3v) is 6.21. The Hall–Kier alpha value is -1.81. The van der Waals surface area contributed by atoms with Gasteiger partial charge in [0.05, 0.1) is 17.9 Å². The highest BCUT2D eigenvalue weighted by molar-refractivity contribution is 7.89. The van der Waals surface area contributed by atoms with Crippen molar-refractivity contribution in [3.8, 4) is 0 Å². The molecule has 0 aromatic heterocycles. The second-order valence-electron chi connectivity index (χ2n) is 6.60. The normalized spacial score (nSPS) is 16.8. The van der Waals surface area contributed by atoms with E-state index in [-0.39, 0.29) is 23.9 Å². The second-order valence-corrected chi connectivity index (χ2v) is 8.54. The molecule has 1 aromatic rings. The SMILES string of the molecule is CCNC(=NCc1cccc(S(=O)(=O)N2CCCCC2)c1)NCCC(F)(F)F. The molecule has 1 aliphatic rings. The Balaban J connectivity index is 2.06.